The first kappa shape index (κ1) is 13.1. The highest BCUT2D eigenvalue weighted by molar-refractivity contribution is 5.39. The van der Waals surface area contributed by atoms with Gasteiger partial charge in [0.2, 0.25) is 0 Å². The molecule has 2 nitrogen and oxygen atoms in total. The molecule has 3 aliphatic rings. The van der Waals surface area contributed by atoms with Gasteiger partial charge in [0.1, 0.15) is 0 Å². The van der Waals surface area contributed by atoms with E-state index in [1.165, 1.54) is 24.0 Å². The van der Waals surface area contributed by atoms with Crippen molar-refractivity contribution in [3.8, 4) is 0 Å². The van der Waals surface area contributed by atoms with Crippen molar-refractivity contribution < 1.29 is 9.47 Å². The van der Waals surface area contributed by atoms with E-state index >= 15 is 0 Å². The van der Waals surface area contributed by atoms with E-state index in [1.807, 2.05) is 13.8 Å². The third kappa shape index (κ3) is 2.56. The Kier molecular flexibility index (Phi) is 3.18. The van der Waals surface area contributed by atoms with Gasteiger partial charge in [0.05, 0.1) is 12.7 Å². The van der Waals surface area contributed by atoms with Gasteiger partial charge in [-0.3, -0.25) is 0 Å². The lowest BCUT2D eigenvalue weighted by atomic mass is 9.73. The molecular weight excluding hydrogens is 236 g/mol. The molecule has 1 fully saturated rings. The molecule has 2 atom stereocenters. The second-order valence-electron chi connectivity index (χ2n) is 6.67. The molecule has 0 spiro atoms. The maximum absolute atomic E-state index is 6.12. The fraction of sp³-hybridized carbons (Fsp3) is 0.647. The van der Waals surface area contributed by atoms with Crippen LogP contribution in [-0.4, -0.2) is 18.5 Å². The molecule has 0 amide bonds. The van der Waals surface area contributed by atoms with Crippen LogP contribution in [0.25, 0.3) is 0 Å². The molecule has 0 bridgehead atoms. The molecule has 104 valence electrons. The Balaban J connectivity index is 1.84. The summed E-state index contributed by atoms with van der Waals surface area (Å²) in [5.41, 5.74) is 3.05. The Morgan fingerprint density at radius 1 is 1.16 bits per heavy atom. The maximum Gasteiger partial charge on any atom is 0.163 e. The van der Waals surface area contributed by atoms with Gasteiger partial charge in [-0.1, -0.05) is 31.2 Å². The first-order chi connectivity index (χ1) is 8.99. The fourth-order valence-electron chi connectivity index (χ4n) is 3.34. The lowest BCUT2D eigenvalue weighted by molar-refractivity contribution is -0.308. The van der Waals surface area contributed by atoms with Crippen molar-refractivity contribution in [2.75, 3.05) is 6.61 Å². The average Bonchev–Trinajstić information content (AvgIpc) is 2.40. The third-order valence-electron chi connectivity index (χ3n) is 4.50. The normalized spacial score (nSPS) is 37.3. The van der Waals surface area contributed by atoms with E-state index in [0.717, 1.165) is 19.4 Å². The summed E-state index contributed by atoms with van der Waals surface area (Å²) in [5.74, 6) is -0.428. The molecule has 2 aliphatic carbocycles. The highest BCUT2D eigenvalue weighted by Gasteiger charge is 2.45. The summed E-state index contributed by atoms with van der Waals surface area (Å²) in [6.45, 7) is 7.06. The Labute approximate surface area is 116 Å². The van der Waals surface area contributed by atoms with Gasteiger partial charge < -0.3 is 9.47 Å². The minimum Gasteiger partial charge on any atom is -0.350 e. The van der Waals surface area contributed by atoms with Crippen molar-refractivity contribution >= 4 is 0 Å². The van der Waals surface area contributed by atoms with Gasteiger partial charge in [0.15, 0.2) is 5.79 Å². The van der Waals surface area contributed by atoms with Crippen molar-refractivity contribution in [2.45, 2.75) is 58.3 Å². The van der Waals surface area contributed by atoms with Crippen molar-refractivity contribution in [3.05, 3.63) is 35.5 Å². The molecule has 0 unspecified atom stereocenters. The van der Waals surface area contributed by atoms with Crippen LogP contribution < -0.4 is 0 Å². The summed E-state index contributed by atoms with van der Waals surface area (Å²) in [7, 11) is 0. The van der Waals surface area contributed by atoms with Crippen molar-refractivity contribution in [1.82, 2.24) is 0 Å². The molecule has 0 aromatic carbocycles. The quantitative estimate of drug-likeness (QED) is 0.705. The van der Waals surface area contributed by atoms with Crippen LogP contribution in [0, 0.1) is 5.41 Å². The fourth-order valence-corrected chi connectivity index (χ4v) is 3.34. The predicted molar refractivity (Wildman–Crippen MR) is 76.8 cm³/mol. The number of rotatable bonds is 1. The Bertz CT molecular complexity index is 456. The molecule has 0 saturated carbocycles. The molecule has 0 aromatic heterocycles. The summed E-state index contributed by atoms with van der Waals surface area (Å²) in [6, 6.07) is 0. The van der Waals surface area contributed by atoms with E-state index in [4.69, 9.17) is 9.47 Å². The van der Waals surface area contributed by atoms with Crippen LogP contribution in [0.4, 0.5) is 0 Å². The monoisotopic (exact) mass is 260 g/mol. The van der Waals surface area contributed by atoms with Crippen LogP contribution in [-0.2, 0) is 9.47 Å². The van der Waals surface area contributed by atoms with Gasteiger partial charge in [-0.05, 0) is 50.7 Å². The van der Waals surface area contributed by atoms with E-state index in [0.29, 0.717) is 6.10 Å². The minimum absolute atomic E-state index is 0.0328. The number of hydrogen-bond donors (Lipinski definition) is 0. The van der Waals surface area contributed by atoms with Crippen LogP contribution >= 0.6 is 0 Å². The third-order valence-corrected chi connectivity index (χ3v) is 4.50. The van der Waals surface area contributed by atoms with Crippen LogP contribution in [0.2, 0.25) is 0 Å². The van der Waals surface area contributed by atoms with E-state index in [9.17, 15) is 0 Å². The molecule has 3 rings (SSSR count). The predicted octanol–water partition coefficient (Wildman–Crippen LogP) is 4.14. The van der Waals surface area contributed by atoms with Gasteiger partial charge in [-0.25, -0.2) is 0 Å². The summed E-state index contributed by atoms with van der Waals surface area (Å²) in [6.07, 6.45) is 14.0. The number of allylic oxidation sites excluding steroid dienone is 5. The molecule has 1 heterocycles. The highest BCUT2D eigenvalue weighted by Crippen LogP contribution is 2.44. The Morgan fingerprint density at radius 2 is 2.00 bits per heavy atom. The number of ether oxygens (including phenoxy) is 2. The zero-order valence-electron chi connectivity index (χ0n) is 12.2. The lowest BCUT2D eigenvalue weighted by Crippen LogP contribution is -2.52. The number of hydrogen-bond acceptors (Lipinski definition) is 2. The van der Waals surface area contributed by atoms with Crippen LogP contribution in [0.3, 0.4) is 0 Å². The second kappa shape index (κ2) is 4.60. The van der Waals surface area contributed by atoms with E-state index in [-0.39, 0.29) is 5.41 Å². The first-order valence-corrected chi connectivity index (χ1v) is 7.38. The average molecular weight is 260 g/mol. The zero-order chi connectivity index (χ0) is 13.5. The Hall–Kier alpha value is -0.860. The van der Waals surface area contributed by atoms with Crippen molar-refractivity contribution in [2.24, 2.45) is 5.41 Å². The van der Waals surface area contributed by atoms with E-state index < -0.39 is 5.79 Å². The maximum atomic E-state index is 6.12. The van der Waals surface area contributed by atoms with Gasteiger partial charge in [-0.15, -0.1) is 0 Å². The molecule has 0 aromatic rings. The van der Waals surface area contributed by atoms with E-state index in [1.54, 1.807) is 0 Å². The van der Waals surface area contributed by atoms with Gasteiger partial charge in [0, 0.05) is 5.41 Å². The standard InChI is InChI=1S/C17H24O2/c1-16(2)18-12-17(3)11-14(9-10-15(17)19-16)13-7-5-4-6-8-13/h4-5,7,11,15H,6,8-10,12H2,1-3H3/t15-,17-/m1/s1. The number of fused-ring (bicyclic) bond motifs is 1. The largest absolute Gasteiger partial charge is 0.350 e. The summed E-state index contributed by atoms with van der Waals surface area (Å²) < 4.78 is 12.0. The zero-order valence-corrected chi connectivity index (χ0v) is 12.2. The van der Waals surface area contributed by atoms with Gasteiger partial charge in [0.25, 0.3) is 0 Å². The van der Waals surface area contributed by atoms with Gasteiger partial charge >= 0.3 is 0 Å². The minimum atomic E-state index is -0.428. The molecule has 1 aliphatic heterocycles. The molecule has 0 N–H and O–H groups in total. The van der Waals surface area contributed by atoms with Crippen LogP contribution in [0.5, 0.6) is 0 Å². The molecular formula is C17H24O2. The summed E-state index contributed by atoms with van der Waals surface area (Å²) in [4.78, 5) is 0. The summed E-state index contributed by atoms with van der Waals surface area (Å²) >= 11 is 0. The van der Waals surface area contributed by atoms with Crippen molar-refractivity contribution in [1.29, 1.82) is 0 Å². The molecule has 1 saturated heterocycles. The smallest absolute Gasteiger partial charge is 0.163 e. The molecule has 0 radical (unpaired) electrons. The van der Waals surface area contributed by atoms with Crippen molar-refractivity contribution in [3.63, 3.8) is 0 Å². The summed E-state index contributed by atoms with van der Waals surface area (Å²) in [5, 5.41) is 0. The van der Waals surface area contributed by atoms with Crippen LogP contribution in [0.1, 0.15) is 46.5 Å². The van der Waals surface area contributed by atoms with Gasteiger partial charge in [-0.2, -0.15) is 0 Å². The second-order valence-corrected chi connectivity index (χ2v) is 6.67. The van der Waals surface area contributed by atoms with E-state index in [2.05, 4.69) is 31.2 Å². The first-order valence-electron chi connectivity index (χ1n) is 7.38. The molecule has 2 heteroatoms. The highest BCUT2D eigenvalue weighted by atomic mass is 16.7. The topological polar surface area (TPSA) is 18.5 Å². The molecule has 19 heavy (non-hydrogen) atoms. The lowest BCUT2D eigenvalue weighted by Gasteiger charge is -2.48. The Morgan fingerprint density at radius 3 is 2.74 bits per heavy atom. The van der Waals surface area contributed by atoms with Crippen LogP contribution in [0.15, 0.2) is 35.5 Å². The SMILES string of the molecule is CC1(C)OC[C@@]2(C)C=C(C3=CC=CCC3)CC[C@H]2O1.